The van der Waals surface area contributed by atoms with Crippen LogP contribution in [0, 0.1) is 10.1 Å². The molecule has 2 N–H and O–H groups in total. The zero-order valence-electron chi connectivity index (χ0n) is 16.1. The maximum Gasteiger partial charge on any atom is 0.269 e. The monoisotopic (exact) mass is 387 g/mol. The zero-order valence-corrected chi connectivity index (χ0v) is 16.1. The van der Waals surface area contributed by atoms with Crippen molar-refractivity contribution in [2.45, 2.75) is 19.3 Å². The standard InChI is InChI=1S/C20H25N3O5/c1-27-18-10-5-15(14-19(18)28-2)11-13-22-20(24)4-3-12-21-16-6-8-17(9-7-16)23(25)26/h5-10,14,21H,3-4,11-13H2,1-2H3,(H,22,24). The van der Waals surface area contributed by atoms with E-state index in [4.69, 9.17) is 9.47 Å². The Kier molecular flexibility index (Phi) is 8.08. The number of ether oxygens (including phenoxy) is 2. The molecule has 150 valence electrons. The van der Waals surface area contributed by atoms with Crippen molar-refractivity contribution in [1.29, 1.82) is 0 Å². The number of rotatable bonds is 11. The van der Waals surface area contributed by atoms with Crippen LogP contribution in [-0.2, 0) is 11.2 Å². The molecule has 0 unspecified atom stereocenters. The summed E-state index contributed by atoms with van der Waals surface area (Å²) >= 11 is 0. The first-order valence-corrected chi connectivity index (χ1v) is 8.99. The van der Waals surface area contributed by atoms with E-state index in [1.54, 1.807) is 26.4 Å². The van der Waals surface area contributed by atoms with Gasteiger partial charge in [-0.25, -0.2) is 0 Å². The Hall–Kier alpha value is -3.29. The maximum absolute atomic E-state index is 11.9. The highest BCUT2D eigenvalue weighted by Crippen LogP contribution is 2.27. The van der Waals surface area contributed by atoms with Crippen LogP contribution in [0.25, 0.3) is 0 Å². The molecule has 2 rings (SSSR count). The van der Waals surface area contributed by atoms with E-state index in [0.29, 0.717) is 43.9 Å². The molecule has 0 atom stereocenters. The van der Waals surface area contributed by atoms with E-state index in [9.17, 15) is 14.9 Å². The van der Waals surface area contributed by atoms with Crippen LogP contribution in [-0.4, -0.2) is 38.1 Å². The minimum absolute atomic E-state index is 0.00836. The minimum atomic E-state index is -0.434. The molecule has 0 aliphatic carbocycles. The number of carbonyl (C=O) groups is 1. The van der Waals surface area contributed by atoms with E-state index in [0.717, 1.165) is 11.3 Å². The van der Waals surface area contributed by atoms with Crippen molar-refractivity contribution >= 4 is 17.3 Å². The molecule has 0 saturated carbocycles. The Morgan fingerprint density at radius 1 is 1.04 bits per heavy atom. The molecule has 0 radical (unpaired) electrons. The van der Waals surface area contributed by atoms with Gasteiger partial charge in [-0.15, -0.1) is 0 Å². The van der Waals surface area contributed by atoms with Crippen molar-refractivity contribution in [2.75, 3.05) is 32.6 Å². The van der Waals surface area contributed by atoms with Crippen LogP contribution in [0.1, 0.15) is 18.4 Å². The van der Waals surface area contributed by atoms with Gasteiger partial charge in [0.1, 0.15) is 0 Å². The quantitative estimate of drug-likeness (QED) is 0.349. The highest BCUT2D eigenvalue weighted by atomic mass is 16.6. The van der Waals surface area contributed by atoms with Gasteiger partial charge in [-0.2, -0.15) is 0 Å². The predicted molar refractivity (Wildman–Crippen MR) is 107 cm³/mol. The Bertz CT molecular complexity index is 793. The number of nitrogens with one attached hydrogen (secondary N) is 2. The first kappa shape index (κ1) is 21.0. The lowest BCUT2D eigenvalue weighted by atomic mass is 10.1. The molecule has 28 heavy (non-hydrogen) atoms. The number of hydrogen-bond donors (Lipinski definition) is 2. The van der Waals surface area contributed by atoms with Crippen LogP contribution in [0.5, 0.6) is 11.5 Å². The van der Waals surface area contributed by atoms with E-state index in [-0.39, 0.29) is 11.6 Å². The molecule has 0 aromatic heterocycles. The van der Waals surface area contributed by atoms with Crippen molar-refractivity contribution in [2.24, 2.45) is 0 Å². The van der Waals surface area contributed by atoms with Crippen molar-refractivity contribution in [3.8, 4) is 11.5 Å². The second-order valence-electron chi connectivity index (χ2n) is 6.12. The number of carbonyl (C=O) groups excluding carboxylic acids is 1. The third-order valence-corrected chi connectivity index (χ3v) is 4.17. The smallest absolute Gasteiger partial charge is 0.269 e. The Morgan fingerprint density at radius 2 is 1.75 bits per heavy atom. The summed E-state index contributed by atoms with van der Waals surface area (Å²) in [6.07, 6.45) is 1.78. The molecule has 2 aromatic carbocycles. The summed E-state index contributed by atoms with van der Waals surface area (Å²) in [5, 5.41) is 16.7. The van der Waals surface area contributed by atoms with Gasteiger partial charge in [-0.1, -0.05) is 6.07 Å². The third-order valence-electron chi connectivity index (χ3n) is 4.17. The molecule has 0 saturated heterocycles. The van der Waals surface area contributed by atoms with Gasteiger partial charge in [-0.3, -0.25) is 14.9 Å². The van der Waals surface area contributed by atoms with Gasteiger partial charge in [0.25, 0.3) is 5.69 Å². The van der Waals surface area contributed by atoms with E-state index >= 15 is 0 Å². The molecule has 0 aliphatic heterocycles. The van der Waals surface area contributed by atoms with Crippen LogP contribution in [0.15, 0.2) is 42.5 Å². The summed E-state index contributed by atoms with van der Waals surface area (Å²) < 4.78 is 10.5. The largest absolute Gasteiger partial charge is 0.493 e. The van der Waals surface area contributed by atoms with Crippen molar-refractivity contribution in [3.63, 3.8) is 0 Å². The summed E-state index contributed by atoms with van der Waals surface area (Å²) in [5.74, 6) is 1.34. The number of nitro benzene ring substituents is 1. The maximum atomic E-state index is 11.9. The van der Waals surface area contributed by atoms with E-state index in [1.807, 2.05) is 18.2 Å². The summed E-state index contributed by atoms with van der Waals surface area (Å²) in [6, 6.07) is 11.9. The fraction of sp³-hybridized carbons (Fsp3) is 0.350. The average Bonchev–Trinajstić information content (AvgIpc) is 2.71. The van der Waals surface area contributed by atoms with Crippen molar-refractivity contribution in [3.05, 3.63) is 58.1 Å². The number of amides is 1. The highest BCUT2D eigenvalue weighted by molar-refractivity contribution is 5.75. The van der Waals surface area contributed by atoms with E-state index < -0.39 is 4.92 Å². The van der Waals surface area contributed by atoms with Crippen molar-refractivity contribution in [1.82, 2.24) is 5.32 Å². The molecule has 0 fully saturated rings. The lowest BCUT2D eigenvalue weighted by Crippen LogP contribution is -2.25. The molecule has 1 amide bonds. The Morgan fingerprint density at radius 3 is 2.39 bits per heavy atom. The van der Waals surface area contributed by atoms with Gasteiger partial charge < -0.3 is 20.1 Å². The first-order valence-electron chi connectivity index (χ1n) is 8.99. The SMILES string of the molecule is COc1ccc(CCNC(=O)CCCNc2ccc([N+](=O)[O-])cc2)cc1OC. The predicted octanol–water partition coefficient (Wildman–Crippen LogP) is 3.16. The number of anilines is 1. The average molecular weight is 387 g/mol. The molecular weight excluding hydrogens is 362 g/mol. The number of benzene rings is 2. The molecule has 8 heteroatoms. The van der Waals surface area contributed by atoms with Crippen molar-refractivity contribution < 1.29 is 19.2 Å². The summed E-state index contributed by atoms with van der Waals surface area (Å²) in [6.45, 7) is 1.16. The van der Waals surface area contributed by atoms with Crippen LogP contribution in [0.4, 0.5) is 11.4 Å². The van der Waals surface area contributed by atoms with Crippen LogP contribution < -0.4 is 20.1 Å². The highest BCUT2D eigenvalue weighted by Gasteiger charge is 2.06. The summed E-state index contributed by atoms with van der Waals surface area (Å²) in [4.78, 5) is 22.1. The number of hydrogen-bond acceptors (Lipinski definition) is 6. The van der Waals surface area contributed by atoms with Crippen LogP contribution in [0.3, 0.4) is 0 Å². The lowest BCUT2D eigenvalue weighted by Gasteiger charge is -2.10. The van der Waals surface area contributed by atoms with Gasteiger partial charge in [0.15, 0.2) is 11.5 Å². The van der Waals surface area contributed by atoms with Crippen LogP contribution in [0.2, 0.25) is 0 Å². The van der Waals surface area contributed by atoms with Gasteiger partial charge in [0.2, 0.25) is 5.91 Å². The zero-order chi connectivity index (χ0) is 20.4. The first-order chi connectivity index (χ1) is 13.5. The van der Waals surface area contributed by atoms with Gasteiger partial charge in [-0.05, 0) is 42.7 Å². The normalized spacial score (nSPS) is 10.2. The fourth-order valence-electron chi connectivity index (χ4n) is 2.65. The number of nitro groups is 1. The second kappa shape index (κ2) is 10.8. The topological polar surface area (TPSA) is 103 Å². The fourth-order valence-corrected chi connectivity index (χ4v) is 2.65. The van der Waals surface area contributed by atoms with Gasteiger partial charge in [0, 0.05) is 37.3 Å². The van der Waals surface area contributed by atoms with Crippen LogP contribution >= 0.6 is 0 Å². The molecule has 8 nitrogen and oxygen atoms in total. The molecule has 2 aromatic rings. The van der Waals surface area contributed by atoms with E-state index in [1.165, 1.54) is 12.1 Å². The number of nitrogens with zero attached hydrogens (tertiary/aromatic N) is 1. The molecule has 0 spiro atoms. The lowest BCUT2D eigenvalue weighted by molar-refractivity contribution is -0.384. The number of non-ortho nitro benzene ring substituents is 1. The minimum Gasteiger partial charge on any atom is -0.493 e. The Balaban J connectivity index is 1.64. The molecule has 0 bridgehead atoms. The van der Waals surface area contributed by atoms with E-state index in [2.05, 4.69) is 10.6 Å². The Labute approximate surface area is 164 Å². The van der Waals surface area contributed by atoms with Gasteiger partial charge in [0.05, 0.1) is 19.1 Å². The molecule has 0 aliphatic rings. The third kappa shape index (κ3) is 6.46. The molecular formula is C20H25N3O5. The summed E-state index contributed by atoms with van der Waals surface area (Å²) in [5.41, 5.74) is 1.90. The number of methoxy groups -OCH3 is 2. The second-order valence-corrected chi connectivity index (χ2v) is 6.12. The van der Waals surface area contributed by atoms with Gasteiger partial charge >= 0.3 is 0 Å². The molecule has 0 heterocycles. The summed E-state index contributed by atoms with van der Waals surface area (Å²) in [7, 11) is 3.18.